The van der Waals surface area contributed by atoms with Crippen molar-refractivity contribution < 1.29 is 14.7 Å². The van der Waals surface area contributed by atoms with Crippen molar-refractivity contribution in [1.29, 1.82) is 0 Å². The maximum Gasteiger partial charge on any atom is 0.314 e. The van der Waals surface area contributed by atoms with Crippen LogP contribution in [0, 0.1) is 11.8 Å². The fraction of sp³-hybridized carbons (Fsp3) is 0.867. The normalized spacial score (nSPS) is 33.5. The SMILES string of the molecule is CC1CCCC(O)(CNC(=O)C2CCCN(C(N)=O)C2)C1. The second-order valence-electron chi connectivity index (χ2n) is 6.77. The third-order valence-corrected chi connectivity index (χ3v) is 4.76. The van der Waals surface area contributed by atoms with Gasteiger partial charge in [0.05, 0.1) is 11.5 Å². The van der Waals surface area contributed by atoms with E-state index in [1.807, 2.05) is 0 Å². The van der Waals surface area contributed by atoms with Crippen LogP contribution in [0.2, 0.25) is 0 Å². The van der Waals surface area contributed by atoms with Gasteiger partial charge < -0.3 is 21.1 Å². The molecule has 6 heteroatoms. The number of rotatable bonds is 3. The van der Waals surface area contributed by atoms with Gasteiger partial charge in [-0.1, -0.05) is 19.8 Å². The molecular weight excluding hydrogens is 270 g/mol. The van der Waals surface area contributed by atoms with Gasteiger partial charge in [0.25, 0.3) is 0 Å². The van der Waals surface area contributed by atoms with Crippen molar-refractivity contribution in [1.82, 2.24) is 10.2 Å². The zero-order chi connectivity index (χ0) is 15.5. The monoisotopic (exact) mass is 297 g/mol. The lowest BCUT2D eigenvalue weighted by Gasteiger charge is -2.36. The lowest BCUT2D eigenvalue weighted by Crippen LogP contribution is -2.51. The Labute approximate surface area is 126 Å². The highest BCUT2D eigenvalue weighted by Gasteiger charge is 2.34. The minimum atomic E-state index is -0.772. The molecule has 0 bridgehead atoms. The Balaban J connectivity index is 1.82. The van der Waals surface area contributed by atoms with Crippen molar-refractivity contribution in [2.45, 2.75) is 51.0 Å². The number of primary amides is 1. The zero-order valence-corrected chi connectivity index (χ0v) is 12.8. The van der Waals surface area contributed by atoms with Crippen LogP contribution in [0.5, 0.6) is 0 Å². The molecule has 0 radical (unpaired) electrons. The smallest absolute Gasteiger partial charge is 0.314 e. The van der Waals surface area contributed by atoms with E-state index < -0.39 is 11.6 Å². The van der Waals surface area contributed by atoms with Gasteiger partial charge in [-0.3, -0.25) is 4.79 Å². The van der Waals surface area contributed by atoms with Crippen molar-refractivity contribution in [3.63, 3.8) is 0 Å². The predicted molar refractivity (Wildman–Crippen MR) is 79.5 cm³/mol. The Morgan fingerprint density at radius 1 is 1.38 bits per heavy atom. The molecule has 1 aliphatic carbocycles. The summed E-state index contributed by atoms with van der Waals surface area (Å²) in [5, 5.41) is 13.4. The van der Waals surface area contributed by atoms with Gasteiger partial charge in [0.1, 0.15) is 0 Å². The van der Waals surface area contributed by atoms with E-state index in [0.29, 0.717) is 25.6 Å². The summed E-state index contributed by atoms with van der Waals surface area (Å²) in [6.45, 7) is 3.46. The number of amides is 3. The highest BCUT2D eigenvalue weighted by molar-refractivity contribution is 5.80. The number of nitrogens with two attached hydrogens (primary N) is 1. The van der Waals surface area contributed by atoms with Gasteiger partial charge in [0.15, 0.2) is 0 Å². The summed E-state index contributed by atoms with van der Waals surface area (Å²) in [6.07, 6.45) is 5.20. The van der Waals surface area contributed by atoms with Gasteiger partial charge in [-0.15, -0.1) is 0 Å². The van der Waals surface area contributed by atoms with Crippen LogP contribution < -0.4 is 11.1 Å². The first-order valence-corrected chi connectivity index (χ1v) is 7.94. The van der Waals surface area contributed by atoms with Crippen molar-refractivity contribution in [2.75, 3.05) is 19.6 Å². The maximum atomic E-state index is 12.2. The first-order chi connectivity index (χ1) is 9.89. The molecular formula is C15H27N3O3. The number of likely N-dealkylation sites (tertiary alicyclic amines) is 1. The molecule has 0 aromatic carbocycles. The average Bonchev–Trinajstić information content (AvgIpc) is 2.44. The summed E-state index contributed by atoms with van der Waals surface area (Å²) < 4.78 is 0. The Morgan fingerprint density at radius 2 is 2.14 bits per heavy atom. The molecule has 3 unspecified atom stereocenters. The summed E-state index contributed by atoms with van der Waals surface area (Å²) in [4.78, 5) is 24.9. The number of aliphatic hydroxyl groups is 1. The first-order valence-electron chi connectivity index (χ1n) is 7.94. The van der Waals surface area contributed by atoms with Gasteiger partial charge in [0.2, 0.25) is 5.91 Å². The largest absolute Gasteiger partial charge is 0.388 e. The Morgan fingerprint density at radius 3 is 2.81 bits per heavy atom. The third kappa shape index (κ3) is 4.33. The Hall–Kier alpha value is -1.30. The summed E-state index contributed by atoms with van der Waals surface area (Å²) >= 11 is 0. The summed E-state index contributed by atoms with van der Waals surface area (Å²) in [7, 11) is 0. The minimum Gasteiger partial charge on any atom is -0.388 e. The number of piperidine rings is 1. The van der Waals surface area contributed by atoms with Crippen LogP contribution in [0.25, 0.3) is 0 Å². The molecule has 3 atom stereocenters. The van der Waals surface area contributed by atoms with E-state index >= 15 is 0 Å². The van der Waals surface area contributed by atoms with Crippen LogP contribution in [-0.4, -0.2) is 47.2 Å². The second kappa shape index (κ2) is 6.64. The Kier molecular flexibility index (Phi) is 5.08. The van der Waals surface area contributed by atoms with E-state index in [9.17, 15) is 14.7 Å². The number of hydrogen-bond donors (Lipinski definition) is 3. The fourth-order valence-electron chi connectivity index (χ4n) is 3.58. The molecule has 3 amide bonds. The molecule has 0 aromatic rings. The highest BCUT2D eigenvalue weighted by Crippen LogP contribution is 2.31. The predicted octanol–water partition coefficient (Wildman–Crippen LogP) is 0.834. The molecule has 6 nitrogen and oxygen atoms in total. The molecule has 120 valence electrons. The van der Waals surface area contributed by atoms with Gasteiger partial charge in [-0.05, 0) is 31.6 Å². The van der Waals surface area contributed by atoms with Gasteiger partial charge in [-0.25, -0.2) is 4.79 Å². The molecule has 1 heterocycles. The van der Waals surface area contributed by atoms with Crippen molar-refractivity contribution >= 4 is 11.9 Å². The minimum absolute atomic E-state index is 0.0763. The van der Waals surface area contributed by atoms with E-state index in [1.165, 1.54) is 4.90 Å². The van der Waals surface area contributed by atoms with Crippen LogP contribution in [0.15, 0.2) is 0 Å². The Bertz CT molecular complexity index is 402. The third-order valence-electron chi connectivity index (χ3n) is 4.76. The van der Waals surface area contributed by atoms with Crippen molar-refractivity contribution in [3.05, 3.63) is 0 Å². The van der Waals surface area contributed by atoms with Crippen molar-refractivity contribution in [2.24, 2.45) is 17.6 Å². The molecule has 2 rings (SSSR count). The van der Waals surface area contributed by atoms with Crippen LogP contribution >= 0.6 is 0 Å². The second-order valence-corrected chi connectivity index (χ2v) is 6.77. The molecule has 1 aliphatic heterocycles. The van der Waals surface area contributed by atoms with E-state index in [1.54, 1.807) is 0 Å². The molecule has 1 saturated carbocycles. The average molecular weight is 297 g/mol. The number of nitrogens with zero attached hydrogens (tertiary/aromatic N) is 1. The molecule has 0 spiro atoms. The quantitative estimate of drug-likeness (QED) is 0.720. The standard InChI is InChI=1S/C15H27N3O3/c1-11-4-2-6-15(21,8-11)10-17-13(19)12-5-3-7-18(9-12)14(16)20/h11-12,21H,2-10H2,1H3,(H2,16,20)(H,17,19). The zero-order valence-electron chi connectivity index (χ0n) is 12.8. The fourth-order valence-corrected chi connectivity index (χ4v) is 3.58. The van der Waals surface area contributed by atoms with Crippen LogP contribution in [0.3, 0.4) is 0 Å². The van der Waals surface area contributed by atoms with Gasteiger partial charge in [-0.2, -0.15) is 0 Å². The van der Waals surface area contributed by atoms with E-state index in [0.717, 1.165) is 38.5 Å². The van der Waals surface area contributed by atoms with Crippen LogP contribution in [0.1, 0.15) is 45.4 Å². The number of nitrogens with one attached hydrogen (secondary N) is 1. The molecule has 0 aromatic heterocycles. The lowest BCUT2D eigenvalue weighted by molar-refractivity contribution is -0.128. The van der Waals surface area contributed by atoms with Crippen LogP contribution in [0.4, 0.5) is 4.79 Å². The molecule has 21 heavy (non-hydrogen) atoms. The summed E-state index contributed by atoms with van der Waals surface area (Å²) in [5.74, 6) is 0.212. The molecule has 2 aliphatic rings. The molecule has 2 fully saturated rings. The number of hydrogen-bond acceptors (Lipinski definition) is 3. The molecule has 1 saturated heterocycles. The number of urea groups is 1. The van der Waals surface area contributed by atoms with E-state index in [-0.39, 0.29) is 11.8 Å². The summed E-state index contributed by atoms with van der Waals surface area (Å²) in [5.41, 5.74) is 4.50. The number of carbonyl (C=O) groups excluding carboxylic acids is 2. The van der Waals surface area contributed by atoms with Crippen molar-refractivity contribution in [3.8, 4) is 0 Å². The maximum absolute atomic E-state index is 12.2. The topological polar surface area (TPSA) is 95.7 Å². The van der Waals surface area contributed by atoms with E-state index in [4.69, 9.17) is 5.73 Å². The van der Waals surface area contributed by atoms with Crippen LogP contribution in [-0.2, 0) is 4.79 Å². The number of carbonyl (C=O) groups is 2. The summed E-state index contributed by atoms with van der Waals surface area (Å²) in [6, 6.07) is -0.466. The van der Waals surface area contributed by atoms with E-state index in [2.05, 4.69) is 12.2 Å². The van der Waals surface area contributed by atoms with Gasteiger partial charge in [0, 0.05) is 19.6 Å². The lowest BCUT2D eigenvalue weighted by atomic mass is 9.79. The first kappa shape index (κ1) is 16.1. The molecule has 4 N–H and O–H groups in total. The van der Waals surface area contributed by atoms with Gasteiger partial charge >= 0.3 is 6.03 Å². The highest BCUT2D eigenvalue weighted by atomic mass is 16.3.